The van der Waals surface area contributed by atoms with Gasteiger partial charge in [-0.3, -0.25) is 9.78 Å². The van der Waals surface area contributed by atoms with Gasteiger partial charge < -0.3 is 9.88 Å². The second kappa shape index (κ2) is 6.90. The molecule has 27 heavy (non-hydrogen) atoms. The Morgan fingerprint density at radius 3 is 2.67 bits per heavy atom. The normalized spacial score (nSPS) is 16.0. The van der Waals surface area contributed by atoms with E-state index in [0.717, 1.165) is 35.6 Å². The molecule has 138 valence electrons. The molecular formula is C20H20FN5O. The third-order valence-electron chi connectivity index (χ3n) is 4.85. The van der Waals surface area contributed by atoms with Crippen LogP contribution in [0.1, 0.15) is 34.0 Å². The van der Waals surface area contributed by atoms with Crippen molar-refractivity contribution in [1.82, 2.24) is 25.1 Å². The van der Waals surface area contributed by atoms with Crippen molar-refractivity contribution < 1.29 is 9.18 Å². The first-order chi connectivity index (χ1) is 13.0. The average Bonchev–Trinajstić information content (AvgIpc) is 3.05. The highest BCUT2D eigenvalue weighted by molar-refractivity contribution is 5.95. The van der Waals surface area contributed by atoms with Crippen LogP contribution in [0.2, 0.25) is 0 Å². The summed E-state index contributed by atoms with van der Waals surface area (Å²) >= 11 is 0. The Hall–Kier alpha value is -3.09. The first-order valence-corrected chi connectivity index (χ1v) is 8.94. The monoisotopic (exact) mass is 365 g/mol. The van der Waals surface area contributed by atoms with Gasteiger partial charge in [-0.1, -0.05) is 0 Å². The second-order valence-electron chi connectivity index (χ2n) is 6.85. The Labute approximate surface area is 156 Å². The predicted molar refractivity (Wildman–Crippen MR) is 98.7 cm³/mol. The van der Waals surface area contributed by atoms with Crippen molar-refractivity contribution >= 4 is 5.91 Å². The Bertz CT molecular complexity index is 996. The summed E-state index contributed by atoms with van der Waals surface area (Å²) in [7, 11) is 0. The number of aryl methyl sites for hydroxylation is 3. The van der Waals surface area contributed by atoms with E-state index in [-0.39, 0.29) is 17.8 Å². The highest BCUT2D eigenvalue weighted by Gasteiger charge is 2.25. The summed E-state index contributed by atoms with van der Waals surface area (Å²) in [5.74, 6) is 1.17. The number of carbonyl (C=O) groups is 1. The largest absolute Gasteiger partial charge is 0.347 e. The number of nitrogens with one attached hydrogen (secondary N) is 1. The molecule has 1 amide bonds. The van der Waals surface area contributed by atoms with Crippen molar-refractivity contribution in [2.75, 3.05) is 0 Å². The second-order valence-corrected chi connectivity index (χ2v) is 6.85. The van der Waals surface area contributed by atoms with Crippen LogP contribution in [-0.2, 0) is 13.0 Å². The molecule has 0 bridgehead atoms. The molecule has 0 saturated carbocycles. The highest BCUT2D eigenvalue weighted by Crippen LogP contribution is 2.23. The van der Waals surface area contributed by atoms with Gasteiger partial charge in [0, 0.05) is 30.3 Å². The van der Waals surface area contributed by atoms with Gasteiger partial charge in [0.15, 0.2) is 5.82 Å². The van der Waals surface area contributed by atoms with E-state index in [2.05, 4.69) is 20.5 Å². The molecule has 1 aromatic carbocycles. The number of amides is 1. The van der Waals surface area contributed by atoms with Crippen molar-refractivity contribution in [2.45, 2.75) is 39.3 Å². The third-order valence-corrected chi connectivity index (χ3v) is 4.85. The van der Waals surface area contributed by atoms with E-state index in [4.69, 9.17) is 0 Å². The molecular weight excluding hydrogens is 345 g/mol. The molecule has 3 aromatic rings. The Morgan fingerprint density at radius 1 is 1.15 bits per heavy atom. The maximum atomic E-state index is 13.2. The lowest BCUT2D eigenvalue weighted by Crippen LogP contribution is -2.41. The number of rotatable bonds is 3. The fraction of sp³-hybridized carbons (Fsp3) is 0.300. The molecule has 0 aliphatic carbocycles. The molecule has 4 rings (SSSR count). The zero-order chi connectivity index (χ0) is 19.0. The molecule has 3 heterocycles. The number of aromatic nitrogens is 4. The van der Waals surface area contributed by atoms with Crippen molar-refractivity contribution in [3.63, 3.8) is 0 Å². The third kappa shape index (κ3) is 3.45. The van der Waals surface area contributed by atoms with Crippen molar-refractivity contribution in [3.8, 4) is 11.4 Å². The number of benzene rings is 1. The zero-order valence-electron chi connectivity index (χ0n) is 15.2. The molecule has 2 aromatic heterocycles. The summed E-state index contributed by atoms with van der Waals surface area (Å²) in [6, 6.07) is 9.82. The number of hydrogen-bond acceptors (Lipinski definition) is 4. The summed E-state index contributed by atoms with van der Waals surface area (Å²) in [5.41, 5.74) is 3.01. The maximum Gasteiger partial charge on any atom is 0.253 e. The molecule has 1 aliphatic heterocycles. The maximum absolute atomic E-state index is 13.2. The molecule has 0 unspecified atom stereocenters. The lowest BCUT2D eigenvalue weighted by atomic mass is 10.1. The number of halogens is 1. The topological polar surface area (TPSA) is 72.7 Å². The van der Waals surface area contributed by atoms with Gasteiger partial charge in [0.25, 0.3) is 5.91 Å². The molecule has 6 nitrogen and oxygen atoms in total. The van der Waals surface area contributed by atoms with Crippen LogP contribution in [0.5, 0.6) is 0 Å². The van der Waals surface area contributed by atoms with Crippen LogP contribution in [0, 0.1) is 19.7 Å². The quantitative estimate of drug-likeness (QED) is 0.775. The van der Waals surface area contributed by atoms with E-state index in [1.165, 1.54) is 12.1 Å². The van der Waals surface area contributed by atoms with E-state index in [0.29, 0.717) is 17.9 Å². The van der Waals surface area contributed by atoms with Crippen molar-refractivity contribution in [1.29, 1.82) is 0 Å². The summed E-state index contributed by atoms with van der Waals surface area (Å²) in [5, 5.41) is 11.6. The fourth-order valence-corrected chi connectivity index (χ4v) is 3.45. The highest BCUT2D eigenvalue weighted by atomic mass is 19.1. The van der Waals surface area contributed by atoms with E-state index in [1.54, 1.807) is 12.1 Å². The lowest BCUT2D eigenvalue weighted by Gasteiger charge is -2.25. The average molecular weight is 365 g/mol. The van der Waals surface area contributed by atoms with Gasteiger partial charge in [0.2, 0.25) is 0 Å². The fourth-order valence-electron chi connectivity index (χ4n) is 3.45. The van der Waals surface area contributed by atoms with Crippen LogP contribution in [0.4, 0.5) is 4.39 Å². The van der Waals surface area contributed by atoms with Crippen LogP contribution in [-0.4, -0.2) is 31.7 Å². The van der Waals surface area contributed by atoms with Crippen LogP contribution < -0.4 is 5.32 Å². The van der Waals surface area contributed by atoms with Gasteiger partial charge in [0.05, 0.1) is 11.3 Å². The molecule has 0 fully saturated rings. The van der Waals surface area contributed by atoms with Crippen molar-refractivity contribution in [3.05, 3.63) is 65.0 Å². The van der Waals surface area contributed by atoms with E-state index < -0.39 is 0 Å². The molecule has 1 aliphatic rings. The van der Waals surface area contributed by atoms with Gasteiger partial charge in [-0.25, -0.2) is 4.39 Å². The molecule has 0 spiro atoms. The van der Waals surface area contributed by atoms with Crippen molar-refractivity contribution in [2.24, 2.45) is 0 Å². The smallest absolute Gasteiger partial charge is 0.253 e. The van der Waals surface area contributed by atoms with Gasteiger partial charge in [0.1, 0.15) is 11.6 Å². The predicted octanol–water partition coefficient (Wildman–Crippen LogP) is 2.84. The molecule has 1 N–H and O–H groups in total. The van der Waals surface area contributed by atoms with E-state index in [1.807, 2.05) is 30.5 Å². The molecule has 1 atom stereocenters. The first kappa shape index (κ1) is 17.3. The van der Waals surface area contributed by atoms with Gasteiger partial charge >= 0.3 is 0 Å². The Kier molecular flexibility index (Phi) is 4.43. The molecule has 0 radical (unpaired) electrons. The zero-order valence-corrected chi connectivity index (χ0v) is 15.2. The Morgan fingerprint density at radius 2 is 1.93 bits per heavy atom. The number of hydrogen-bond donors (Lipinski definition) is 1. The number of pyridine rings is 1. The number of carbonyl (C=O) groups excluding carboxylic acids is 1. The van der Waals surface area contributed by atoms with E-state index in [9.17, 15) is 9.18 Å². The SMILES string of the molecule is Cc1ccc(C(=O)N[C@H]2CCc3nnc(-c4ccc(F)cc4)n3C2)c(C)n1. The minimum atomic E-state index is -0.288. The minimum Gasteiger partial charge on any atom is -0.347 e. The van der Waals surface area contributed by atoms with Gasteiger partial charge in [-0.2, -0.15) is 0 Å². The molecule has 0 saturated heterocycles. The van der Waals surface area contributed by atoms with Crippen LogP contribution >= 0.6 is 0 Å². The van der Waals surface area contributed by atoms with E-state index >= 15 is 0 Å². The molecule has 7 heteroatoms. The lowest BCUT2D eigenvalue weighted by molar-refractivity contribution is 0.0926. The summed E-state index contributed by atoms with van der Waals surface area (Å²) in [4.78, 5) is 17.0. The Balaban J connectivity index is 1.53. The van der Waals surface area contributed by atoms with Crippen LogP contribution in [0.3, 0.4) is 0 Å². The number of nitrogens with zero attached hydrogens (tertiary/aromatic N) is 4. The standard InChI is InChI=1S/C20H20FN5O/c1-12-3-9-17(13(2)22-12)20(27)23-16-8-10-18-24-25-19(26(18)11-16)14-4-6-15(21)7-5-14/h3-7,9,16H,8,10-11H2,1-2H3,(H,23,27)/t16-/m0/s1. The summed E-state index contributed by atoms with van der Waals surface area (Å²) in [6.45, 7) is 4.33. The van der Waals surface area contributed by atoms with Gasteiger partial charge in [-0.15, -0.1) is 10.2 Å². The summed E-state index contributed by atoms with van der Waals surface area (Å²) in [6.07, 6.45) is 1.52. The number of fused-ring (bicyclic) bond motifs is 1. The van der Waals surface area contributed by atoms with Gasteiger partial charge in [-0.05, 0) is 56.7 Å². The summed E-state index contributed by atoms with van der Waals surface area (Å²) < 4.78 is 15.2. The van der Waals surface area contributed by atoms with Crippen LogP contribution in [0.25, 0.3) is 11.4 Å². The first-order valence-electron chi connectivity index (χ1n) is 8.94. The minimum absolute atomic E-state index is 0.0269. The van der Waals surface area contributed by atoms with Crippen LogP contribution in [0.15, 0.2) is 36.4 Å².